The number of nitrogens with one attached hydrogen (secondary N) is 2. The molecule has 6 nitrogen and oxygen atoms in total. The molecule has 5 rings (SSSR count). The number of Topliss-reactive ketones (excluding diaryl/α,β-unsaturated/α-hetero) is 1. The lowest BCUT2D eigenvalue weighted by atomic mass is 9.46. The Morgan fingerprint density at radius 2 is 1.88 bits per heavy atom. The van der Waals surface area contributed by atoms with Crippen LogP contribution in [0.3, 0.4) is 0 Å². The summed E-state index contributed by atoms with van der Waals surface area (Å²) >= 11 is 0. The Hall–Kier alpha value is -2.18. The molecule has 5 fully saturated rings. The van der Waals surface area contributed by atoms with Crippen molar-refractivity contribution in [2.24, 2.45) is 58.5 Å². The summed E-state index contributed by atoms with van der Waals surface area (Å²) in [5.74, 6) is 4.92. The first kappa shape index (κ1) is 22.6. The van der Waals surface area contributed by atoms with Crippen LogP contribution in [0.15, 0.2) is 11.8 Å². The summed E-state index contributed by atoms with van der Waals surface area (Å²) in [5, 5.41) is 28.5. The number of ketones is 1. The zero-order chi connectivity index (χ0) is 23.5. The third kappa shape index (κ3) is 3.53. The first-order valence-electron chi connectivity index (χ1n) is 12.9. The number of allylic oxidation sites excluding steroid dienone is 2. The van der Waals surface area contributed by atoms with E-state index in [1.807, 2.05) is 6.07 Å². The van der Waals surface area contributed by atoms with Crippen molar-refractivity contribution >= 4 is 11.5 Å². The van der Waals surface area contributed by atoms with Crippen LogP contribution in [-0.2, 0) is 4.79 Å². The number of carbonyl (C=O) groups is 1. The standard InChI is InChI=1S/C27H37N5O/c1-15-3-4-22-18-5-7-26(2)24(19(18)6-8-27(22,31)11-15)20-10-21(20)25(26)23(33)14-32-17(13-29)9-16(30)12-28/h9,15,18-22,24-25,30,32H,3-8,10-11,14,31H2,1-2H3/b17-9-,30-16?. The number of nitrogens with zero attached hydrogens (tertiary/aromatic N) is 2. The Balaban J connectivity index is 1.32. The second-order valence-corrected chi connectivity index (χ2v) is 12.2. The van der Waals surface area contributed by atoms with E-state index in [4.69, 9.17) is 16.4 Å². The van der Waals surface area contributed by atoms with Crippen molar-refractivity contribution in [2.45, 2.75) is 70.8 Å². The van der Waals surface area contributed by atoms with Gasteiger partial charge in [0, 0.05) is 17.5 Å². The molecule has 0 aromatic carbocycles. The Labute approximate surface area is 197 Å². The van der Waals surface area contributed by atoms with Gasteiger partial charge in [-0.15, -0.1) is 0 Å². The molecule has 0 bridgehead atoms. The number of nitrogens with two attached hydrogens (primary N) is 1. The summed E-state index contributed by atoms with van der Waals surface area (Å²) in [5.41, 5.74) is 6.96. The van der Waals surface area contributed by atoms with Gasteiger partial charge in [-0.1, -0.05) is 20.3 Å². The Kier molecular flexibility index (Phi) is 5.44. The number of carbonyl (C=O) groups excluding carboxylic acids is 1. The van der Waals surface area contributed by atoms with Gasteiger partial charge >= 0.3 is 0 Å². The molecule has 0 radical (unpaired) electrons. The largest absolute Gasteiger partial charge is 0.369 e. The molecule has 6 heteroatoms. The highest BCUT2D eigenvalue weighted by atomic mass is 16.1. The molecule has 0 aromatic heterocycles. The van der Waals surface area contributed by atoms with E-state index in [0.717, 1.165) is 24.7 Å². The zero-order valence-corrected chi connectivity index (χ0v) is 19.9. The average Bonchev–Trinajstić information content (AvgIpc) is 3.49. The second-order valence-electron chi connectivity index (χ2n) is 12.2. The van der Waals surface area contributed by atoms with Gasteiger partial charge in [0.25, 0.3) is 0 Å². The summed E-state index contributed by atoms with van der Waals surface area (Å²) in [6.07, 6.45) is 10.8. The van der Waals surface area contributed by atoms with Crippen LogP contribution in [0.2, 0.25) is 0 Å². The molecule has 33 heavy (non-hydrogen) atoms. The molecule has 10 unspecified atom stereocenters. The number of fused-ring (bicyclic) bond motifs is 7. The zero-order valence-electron chi connectivity index (χ0n) is 19.9. The van der Waals surface area contributed by atoms with E-state index in [1.165, 1.54) is 44.6 Å². The lowest BCUT2D eigenvalue weighted by molar-refractivity contribution is -0.133. The minimum atomic E-state index is -0.287. The summed E-state index contributed by atoms with van der Waals surface area (Å²) in [4.78, 5) is 13.5. The summed E-state index contributed by atoms with van der Waals surface area (Å²) < 4.78 is 0. The highest BCUT2D eigenvalue weighted by Crippen LogP contribution is 2.74. The van der Waals surface area contributed by atoms with E-state index in [2.05, 4.69) is 19.2 Å². The number of hydrogen-bond acceptors (Lipinski definition) is 6. The predicted molar refractivity (Wildman–Crippen MR) is 126 cm³/mol. The predicted octanol–water partition coefficient (Wildman–Crippen LogP) is 3.94. The summed E-state index contributed by atoms with van der Waals surface area (Å²) in [7, 11) is 0. The van der Waals surface area contributed by atoms with E-state index in [-0.39, 0.29) is 40.6 Å². The molecule has 5 saturated carbocycles. The Morgan fingerprint density at radius 1 is 1.12 bits per heavy atom. The molecule has 0 heterocycles. The van der Waals surface area contributed by atoms with E-state index < -0.39 is 0 Å². The third-order valence-electron chi connectivity index (χ3n) is 10.5. The van der Waals surface area contributed by atoms with Crippen molar-refractivity contribution in [3.63, 3.8) is 0 Å². The van der Waals surface area contributed by atoms with Crippen molar-refractivity contribution in [3.05, 3.63) is 11.8 Å². The minimum absolute atomic E-state index is 0.0322. The summed E-state index contributed by atoms with van der Waals surface area (Å²) in [6, 6.07) is 3.67. The first-order valence-corrected chi connectivity index (χ1v) is 12.9. The fraction of sp³-hybridized carbons (Fsp3) is 0.778. The van der Waals surface area contributed by atoms with Crippen LogP contribution >= 0.6 is 0 Å². The van der Waals surface area contributed by atoms with Gasteiger partial charge in [0.15, 0.2) is 5.78 Å². The SMILES string of the molecule is CC1CCC2C3CCC4(C)C(C(=O)CN/C(C#N)=C\C(=N)C#N)C5CC5C4C3CCC2(N)C1. The van der Waals surface area contributed by atoms with Gasteiger partial charge in [-0.25, -0.2) is 0 Å². The molecule has 5 aliphatic rings. The maximum Gasteiger partial charge on any atom is 0.155 e. The number of nitriles is 2. The Bertz CT molecular complexity index is 974. The highest BCUT2D eigenvalue weighted by Gasteiger charge is 2.71. The molecule has 5 aliphatic carbocycles. The van der Waals surface area contributed by atoms with Crippen LogP contribution in [0.25, 0.3) is 0 Å². The van der Waals surface area contributed by atoms with Crippen LogP contribution in [0.1, 0.15) is 65.2 Å². The van der Waals surface area contributed by atoms with Gasteiger partial charge < -0.3 is 11.1 Å². The number of rotatable bonds is 5. The Morgan fingerprint density at radius 3 is 2.61 bits per heavy atom. The molecule has 0 spiro atoms. The van der Waals surface area contributed by atoms with E-state index in [9.17, 15) is 10.1 Å². The van der Waals surface area contributed by atoms with Gasteiger partial charge in [-0.3, -0.25) is 10.2 Å². The minimum Gasteiger partial charge on any atom is -0.369 e. The van der Waals surface area contributed by atoms with Gasteiger partial charge in [0.1, 0.15) is 23.5 Å². The molecule has 176 valence electrons. The smallest absolute Gasteiger partial charge is 0.155 e. The third-order valence-corrected chi connectivity index (χ3v) is 10.5. The average molecular weight is 448 g/mol. The van der Waals surface area contributed by atoms with E-state index in [0.29, 0.717) is 29.6 Å². The second kappa shape index (κ2) is 7.95. The molecular formula is C27H37N5O. The topological polar surface area (TPSA) is 127 Å². The molecule has 10 atom stereocenters. The monoisotopic (exact) mass is 447 g/mol. The molecule has 0 aromatic rings. The maximum atomic E-state index is 13.5. The lowest BCUT2D eigenvalue weighted by Gasteiger charge is -2.60. The maximum absolute atomic E-state index is 13.5. The first-order chi connectivity index (χ1) is 15.7. The van der Waals surface area contributed by atoms with Gasteiger partial charge in [-0.2, -0.15) is 10.5 Å². The van der Waals surface area contributed by atoms with E-state index >= 15 is 0 Å². The fourth-order valence-corrected chi connectivity index (χ4v) is 9.41. The van der Waals surface area contributed by atoms with Crippen molar-refractivity contribution in [1.82, 2.24) is 5.32 Å². The molecule has 0 amide bonds. The fourth-order valence-electron chi connectivity index (χ4n) is 9.41. The quantitative estimate of drug-likeness (QED) is 0.435. The van der Waals surface area contributed by atoms with Gasteiger partial charge in [0.05, 0.1) is 6.54 Å². The van der Waals surface area contributed by atoms with Gasteiger partial charge in [0.2, 0.25) is 0 Å². The van der Waals surface area contributed by atoms with Crippen LogP contribution in [0.5, 0.6) is 0 Å². The summed E-state index contributed by atoms with van der Waals surface area (Å²) in [6.45, 7) is 4.85. The molecule has 4 N–H and O–H groups in total. The molecule has 0 aliphatic heterocycles. The lowest BCUT2D eigenvalue weighted by Crippen LogP contribution is -2.61. The molecule has 0 saturated heterocycles. The highest BCUT2D eigenvalue weighted by molar-refractivity contribution is 6.05. The number of hydrogen-bond donors (Lipinski definition) is 3. The normalized spacial score (nSPS) is 47.6. The van der Waals surface area contributed by atoms with Gasteiger partial charge in [-0.05, 0) is 91.8 Å². The van der Waals surface area contributed by atoms with Crippen molar-refractivity contribution < 1.29 is 4.79 Å². The molecular weight excluding hydrogens is 410 g/mol. The van der Waals surface area contributed by atoms with Crippen LogP contribution in [-0.4, -0.2) is 23.6 Å². The van der Waals surface area contributed by atoms with Crippen molar-refractivity contribution in [2.75, 3.05) is 6.54 Å². The van der Waals surface area contributed by atoms with Crippen molar-refractivity contribution in [3.8, 4) is 12.1 Å². The van der Waals surface area contributed by atoms with Crippen LogP contribution < -0.4 is 11.1 Å². The van der Waals surface area contributed by atoms with Crippen LogP contribution in [0, 0.1) is 80.8 Å². The van der Waals surface area contributed by atoms with E-state index in [1.54, 1.807) is 6.07 Å². The van der Waals surface area contributed by atoms with Crippen LogP contribution in [0.4, 0.5) is 0 Å². The van der Waals surface area contributed by atoms with Crippen molar-refractivity contribution in [1.29, 1.82) is 15.9 Å².